The third kappa shape index (κ3) is 2.12. The molecule has 0 saturated carbocycles. The number of rotatable bonds is 2. The third-order valence-electron chi connectivity index (χ3n) is 4.72. The summed E-state index contributed by atoms with van der Waals surface area (Å²) in [5, 5.41) is 0. The topological polar surface area (TPSA) is 74.8 Å². The highest BCUT2D eigenvalue weighted by Crippen LogP contribution is 2.21. The molecule has 0 unspecified atom stereocenters. The molecule has 4 rings (SSSR count). The molecule has 6 nitrogen and oxygen atoms in total. The molecule has 2 aromatic rings. The van der Waals surface area contributed by atoms with Gasteiger partial charge in [-0.05, 0) is 12.1 Å². The Balaban J connectivity index is 1.67. The normalized spacial score (nSPS) is 15.8. The molecule has 0 radical (unpaired) electrons. The molecule has 2 aliphatic heterocycles. The minimum absolute atomic E-state index is 0.295. The van der Waals surface area contributed by atoms with E-state index >= 15 is 0 Å². The van der Waals surface area contributed by atoms with Gasteiger partial charge in [0.15, 0.2) is 7.28 Å². The zero-order valence-electron chi connectivity index (χ0n) is 13.7. The molecule has 2 heterocycles. The Bertz CT molecular complexity index is 919. The van der Waals surface area contributed by atoms with E-state index in [1.807, 2.05) is 0 Å². The first-order chi connectivity index (χ1) is 11.9. The standard InChI is InChI=1S/C18H13BN2O4/c1-20-15(22)11-5-3-9(7-13(11)17(20)24)19-10-4-6-12-14(8-10)18(25)21(2)16(12)23/h3-8,19H,1-2H3. The second kappa shape index (κ2) is 5.14. The summed E-state index contributed by atoms with van der Waals surface area (Å²) in [6, 6.07) is 10.3. The number of benzene rings is 2. The first kappa shape index (κ1) is 15.3. The predicted octanol–water partition coefficient (Wildman–Crippen LogP) is -0.475. The van der Waals surface area contributed by atoms with Gasteiger partial charge in [-0.15, -0.1) is 0 Å². The summed E-state index contributed by atoms with van der Waals surface area (Å²) in [4.78, 5) is 50.3. The van der Waals surface area contributed by atoms with Gasteiger partial charge in [-0.2, -0.15) is 0 Å². The maximum absolute atomic E-state index is 12.1. The smallest absolute Gasteiger partial charge is 0.261 e. The van der Waals surface area contributed by atoms with E-state index in [9.17, 15) is 19.2 Å². The zero-order chi connectivity index (χ0) is 17.9. The molecule has 25 heavy (non-hydrogen) atoms. The van der Waals surface area contributed by atoms with E-state index < -0.39 is 0 Å². The number of imide groups is 2. The fourth-order valence-corrected chi connectivity index (χ4v) is 3.27. The van der Waals surface area contributed by atoms with Crippen LogP contribution in [0.2, 0.25) is 0 Å². The van der Waals surface area contributed by atoms with Crippen molar-refractivity contribution in [2.45, 2.75) is 0 Å². The average Bonchev–Trinajstić information content (AvgIpc) is 2.96. The van der Waals surface area contributed by atoms with Crippen molar-refractivity contribution in [3.63, 3.8) is 0 Å². The Labute approximate surface area is 144 Å². The van der Waals surface area contributed by atoms with Crippen LogP contribution < -0.4 is 10.9 Å². The van der Waals surface area contributed by atoms with Crippen LogP contribution in [0.5, 0.6) is 0 Å². The maximum atomic E-state index is 12.1. The van der Waals surface area contributed by atoms with Crippen LogP contribution in [0.1, 0.15) is 41.4 Å². The number of hydrogen-bond acceptors (Lipinski definition) is 4. The van der Waals surface area contributed by atoms with Crippen LogP contribution in [0.15, 0.2) is 36.4 Å². The van der Waals surface area contributed by atoms with Crippen molar-refractivity contribution in [2.75, 3.05) is 14.1 Å². The molecule has 0 saturated heterocycles. The quantitative estimate of drug-likeness (QED) is 0.550. The molecular weight excluding hydrogens is 319 g/mol. The molecule has 0 fully saturated rings. The van der Waals surface area contributed by atoms with E-state index in [0.29, 0.717) is 29.5 Å². The van der Waals surface area contributed by atoms with Gasteiger partial charge in [0.05, 0.1) is 22.3 Å². The van der Waals surface area contributed by atoms with Gasteiger partial charge in [0, 0.05) is 14.1 Å². The summed E-state index contributed by atoms with van der Waals surface area (Å²) in [6.07, 6.45) is 0. The number of nitrogens with zero attached hydrogens (tertiary/aromatic N) is 2. The lowest BCUT2D eigenvalue weighted by Gasteiger charge is -2.04. The lowest BCUT2D eigenvalue weighted by Crippen LogP contribution is -2.28. The number of carbonyl (C=O) groups is 4. The van der Waals surface area contributed by atoms with Gasteiger partial charge in [-0.3, -0.25) is 29.0 Å². The summed E-state index contributed by atoms with van der Waals surface area (Å²) < 4.78 is 0. The molecule has 4 amide bonds. The van der Waals surface area contributed by atoms with E-state index in [-0.39, 0.29) is 23.6 Å². The number of amides is 4. The van der Waals surface area contributed by atoms with Crippen molar-refractivity contribution in [3.05, 3.63) is 58.7 Å². The minimum Gasteiger partial charge on any atom is -0.277 e. The van der Waals surface area contributed by atoms with Crippen LogP contribution in [0.25, 0.3) is 0 Å². The second-order valence-electron chi connectivity index (χ2n) is 6.28. The van der Waals surface area contributed by atoms with Gasteiger partial charge in [-0.25, -0.2) is 0 Å². The lowest BCUT2D eigenvalue weighted by atomic mass is 9.63. The highest BCUT2D eigenvalue weighted by molar-refractivity contribution is 6.67. The monoisotopic (exact) mass is 332 g/mol. The molecule has 0 spiro atoms. The first-order valence-corrected chi connectivity index (χ1v) is 7.79. The van der Waals surface area contributed by atoms with Crippen molar-refractivity contribution < 1.29 is 19.2 Å². The summed E-state index contributed by atoms with van der Waals surface area (Å²) in [6.45, 7) is 0. The fourth-order valence-electron chi connectivity index (χ4n) is 3.27. The average molecular weight is 332 g/mol. The van der Waals surface area contributed by atoms with Crippen molar-refractivity contribution >= 4 is 41.8 Å². The molecule has 0 N–H and O–H groups in total. The minimum atomic E-state index is -0.307. The van der Waals surface area contributed by atoms with Crippen LogP contribution in [0, 0.1) is 0 Å². The van der Waals surface area contributed by atoms with E-state index in [4.69, 9.17) is 0 Å². The van der Waals surface area contributed by atoms with E-state index in [1.54, 1.807) is 36.4 Å². The van der Waals surface area contributed by atoms with Gasteiger partial charge in [0.2, 0.25) is 0 Å². The van der Waals surface area contributed by atoms with Crippen LogP contribution in [-0.2, 0) is 0 Å². The second-order valence-corrected chi connectivity index (χ2v) is 6.28. The number of fused-ring (bicyclic) bond motifs is 2. The predicted molar refractivity (Wildman–Crippen MR) is 92.1 cm³/mol. The highest BCUT2D eigenvalue weighted by atomic mass is 16.2. The molecule has 0 aromatic heterocycles. The van der Waals surface area contributed by atoms with Crippen LogP contribution in [0.3, 0.4) is 0 Å². The molecule has 122 valence electrons. The molecule has 0 atom stereocenters. The number of hydrogen-bond donors (Lipinski definition) is 0. The van der Waals surface area contributed by atoms with Gasteiger partial charge >= 0.3 is 0 Å². The summed E-state index contributed by atoms with van der Waals surface area (Å²) in [5.74, 6) is -1.20. The van der Waals surface area contributed by atoms with Crippen LogP contribution >= 0.6 is 0 Å². The maximum Gasteiger partial charge on any atom is 0.261 e. The molecule has 2 aromatic carbocycles. The van der Waals surface area contributed by atoms with E-state index in [0.717, 1.165) is 20.7 Å². The summed E-state index contributed by atoms with van der Waals surface area (Å²) in [5.41, 5.74) is 3.34. The first-order valence-electron chi connectivity index (χ1n) is 7.79. The molecule has 2 aliphatic rings. The Hall–Kier alpha value is -3.22. The number of carbonyl (C=O) groups excluding carboxylic acids is 4. The van der Waals surface area contributed by atoms with Crippen molar-refractivity contribution in [1.82, 2.24) is 9.80 Å². The molecule has 0 bridgehead atoms. The fraction of sp³-hybridized carbons (Fsp3) is 0.111. The van der Waals surface area contributed by atoms with Gasteiger partial charge in [0.25, 0.3) is 23.6 Å². The van der Waals surface area contributed by atoms with Crippen LogP contribution in [0.4, 0.5) is 0 Å². The van der Waals surface area contributed by atoms with E-state index in [2.05, 4.69) is 0 Å². The van der Waals surface area contributed by atoms with Crippen molar-refractivity contribution in [1.29, 1.82) is 0 Å². The summed E-state index contributed by atoms with van der Waals surface area (Å²) in [7, 11) is 3.42. The van der Waals surface area contributed by atoms with Crippen LogP contribution in [-0.4, -0.2) is 54.8 Å². The lowest BCUT2D eigenvalue weighted by molar-refractivity contribution is 0.0678. The SMILES string of the molecule is CN1C(=O)c2ccc(Bc3ccc4c(c3)C(=O)N(C)C4=O)cc2C1=O. The van der Waals surface area contributed by atoms with Gasteiger partial charge in [0.1, 0.15) is 0 Å². The Morgan fingerprint density at radius 3 is 1.36 bits per heavy atom. The molecule has 0 aliphatic carbocycles. The Kier molecular flexibility index (Phi) is 3.15. The van der Waals surface area contributed by atoms with Gasteiger partial charge < -0.3 is 0 Å². The zero-order valence-corrected chi connectivity index (χ0v) is 13.7. The third-order valence-corrected chi connectivity index (χ3v) is 4.72. The molecule has 7 heteroatoms. The Morgan fingerprint density at radius 2 is 0.960 bits per heavy atom. The van der Waals surface area contributed by atoms with E-state index in [1.165, 1.54) is 14.1 Å². The largest absolute Gasteiger partial charge is 0.277 e. The molecular formula is C18H13BN2O4. The van der Waals surface area contributed by atoms with Gasteiger partial charge in [-0.1, -0.05) is 35.2 Å². The highest BCUT2D eigenvalue weighted by Gasteiger charge is 2.34. The van der Waals surface area contributed by atoms with Crippen molar-refractivity contribution in [2.24, 2.45) is 0 Å². The summed E-state index contributed by atoms with van der Waals surface area (Å²) >= 11 is 0. The van der Waals surface area contributed by atoms with Crippen molar-refractivity contribution in [3.8, 4) is 0 Å². The Morgan fingerprint density at radius 1 is 0.600 bits per heavy atom.